The van der Waals surface area contributed by atoms with Gasteiger partial charge in [0.25, 0.3) is 0 Å². The van der Waals surface area contributed by atoms with E-state index in [2.05, 4.69) is 5.32 Å². The van der Waals surface area contributed by atoms with Crippen LogP contribution in [0.2, 0.25) is 0 Å². The van der Waals surface area contributed by atoms with Gasteiger partial charge in [0.05, 0.1) is 12.7 Å². The number of nitrogens with one attached hydrogen (secondary N) is 1. The third kappa shape index (κ3) is 0.632. The minimum atomic E-state index is 0.0498. The Kier molecular flexibility index (Phi) is 0.997. The molecule has 2 fully saturated rings. The summed E-state index contributed by atoms with van der Waals surface area (Å²) in [6.07, 6.45) is 0.377. The van der Waals surface area contributed by atoms with Crippen molar-refractivity contribution in [3.8, 4) is 0 Å². The summed E-state index contributed by atoms with van der Waals surface area (Å²) in [6.45, 7) is 2.59. The molecule has 2 saturated heterocycles. The van der Waals surface area contributed by atoms with Crippen molar-refractivity contribution in [2.75, 3.05) is 19.7 Å². The quantitative estimate of drug-likeness (QED) is 0.454. The predicted octanol–water partition coefficient (Wildman–Crippen LogP) is -0.669. The maximum atomic E-state index is 5.31. The zero-order valence-electron chi connectivity index (χ0n) is 4.59. The van der Waals surface area contributed by atoms with E-state index in [1.807, 2.05) is 0 Å². The monoisotopic (exact) mass is 115 g/mol. The Hall–Kier alpha value is -0.120. The molecule has 0 radical (unpaired) electrons. The highest BCUT2D eigenvalue weighted by atomic mass is 16.7. The van der Waals surface area contributed by atoms with Crippen LogP contribution in [0.3, 0.4) is 0 Å². The summed E-state index contributed by atoms with van der Waals surface area (Å²) in [5.41, 5.74) is 0. The molecule has 0 spiro atoms. The van der Waals surface area contributed by atoms with E-state index in [9.17, 15) is 0 Å². The van der Waals surface area contributed by atoms with Crippen molar-refractivity contribution >= 4 is 0 Å². The zero-order chi connectivity index (χ0) is 5.40. The van der Waals surface area contributed by atoms with E-state index in [0.717, 1.165) is 19.7 Å². The first-order chi connectivity index (χ1) is 3.95. The van der Waals surface area contributed by atoms with Gasteiger partial charge in [-0.2, -0.15) is 0 Å². The van der Waals surface area contributed by atoms with E-state index in [-0.39, 0.29) is 6.29 Å². The van der Waals surface area contributed by atoms with E-state index in [0.29, 0.717) is 6.10 Å². The molecule has 2 bridgehead atoms. The van der Waals surface area contributed by atoms with Crippen molar-refractivity contribution in [3.63, 3.8) is 0 Å². The number of hydrogen-bond donors (Lipinski definition) is 1. The van der Waals surface area contributed by atoms with Gasteiger partial charge in [-0.1, -0.05) is 0 Å². The molecule has 2 unspecified atom stereocenters. The maximum absolute atomic E-state index is 5.31. The fourth-order valence-corrected chi connectivity index (χ4v) is 1.08. The van der Waals surface area contributed by atoms with Crippen LogP contribution in [-0.4, -0.2) is 32.1 Å². The van der Waals surface area contributed by atoms with Crippen LogP contribution >= 0.6 is 0 Å². The summed E-state index contributed by atoms with van der Waals surface area (Å²) < 4.78 is 10.5. The number of morpholine rings is 1. The number of hydrogen-bond acceptors (Lipinski definition) is 3. The van der Waals surface area contributed by atoms with Gasteiger partial charge in [-0.25, -0.2) is 0 Å². The van der Waals surface area contributed by atoms with Crippen molar-refractivity contribution in [3.05, 3.63) is 0 Å². The molecule has 0 amide bonds. The second-order valence-electron chi connectivity index (χ2n) is 2.18. The van der Waals surface area contributed by atoms with Crippen LogP contribution in [0.5, 0.6) is 0 Å². The lowest BCUT2D eigenvalue weighted by Crippen LogP contribution is -2.39. The van der Waals surface area contributed by atoms with E-state index in [1.54, 1.807) is 0 Å². The molecule has 2 heterocycles. The molecule has 3 heteroatoms. The predicted molar refractivity (Wildman–Crippen MR) is 27.5 cm³/mol. The minimum Gasteiger partial charge on any atom is -0.349 e. The lowest BCUT2D eigenvalue weighted by molar-refractivity contribution is -0.0707. The zero-order valence-corrected chi connectivity index (χ0v) is 4.59. The van der Waals surface area contributed by atoms with Crippen molar-refractivity contribution in [2.45, 2.75) is 12.4 Å². The molecule has 2 atom stereocenters. The lowest BCUT2D eigenvalue weighted by Gasteiger charge is -2.17. The molecule has 46 valence electrons. The van der Waals surface area contributed by atoms with Crippen LogP contribution in [-0.2, 0) is 9.47 Å². The number of fused-ring (bicyclic) bond motifs is 2. The van der Waals surface area contributed by atoms with Crippen LogP contribution in [0, 0.1) is 0 Å². The van der Waals surface area contributed by atoms with Crippen molar-refractivity contribution < 1.29 is 9.47 Å². The van der Waals surface area contributed by atoms with Gasteiger partial charge in [0.1, 0.15) is 0 Å². The summed E-state index contributed by atoms with van der Waals surface area (Å²) in [5.74, 6) is 0. The van der Waals surface area contributed by atoms with Gasteiger partial charge in [-0.15, -0.1) is 0 Å². The normalized spacial score (nSPS) is 45.0. The first kappa shape index (κ1) is 4.73. The first-order valence-electron chi connectivity index (χ1n) is 2.93. The summed E-state index contributed by atoms with van der Waals surface area (Å²) in [5, 5.41) is 3.20. The van der Waals surface area contributed by atoms with Gasteiger partial charge in [-0.3, -0.25) is 0 Å². The second kappa shape index (κ2) is 1.69. The smallest absolute Gasteiger partial charge is 0.170 e. The molecule has 2 aliphatic heterocycles. The molecule has 8 heavy (non-hydrogen) atoms. The highest BCUT2D eigenvalue weighted by Gasteiger charge is 2.29. The molecule has 0 aliphatic carbocycles. The Bertz CT molecular complexity index is 82.4. The largest absolute Gasteiger partial charge is 0.349 e. The molecular weight excluding hydrogens is 106 g/mol. The molecule has 1 N–H and O–H groups in total. The average Bonchev–Trinajstić information content (AvgIpc) is 2.12. The van der Waals surface area contributed by atoms with Gasteiger partial charge < -0.3 is 14.8 Å². The van der Waals surface area contributed by atoms with E-state index in [1.165, 1.54) is 0 Å². The third-order valence-electron chi connectivity index (χ3n) is 1.50. The Labute approximate surface area is 48.0 Å². The van der Waals surface area contributed by atoms with Crippen LogP contribution in [0.15, 0.2) is 0 Å². The molecule has 0 aromatic carbocycles. The third-order valence-corrected chi connectivity index (χ3v) is 1.50. The molecule has 3 nitrogen and oxygen atoms in total. The van der Waals surface area contributed by atoms with Crippen LogP contribution in [0.1, 0.15) is 0 Å². The van der Waals surface area contributed by atoms with E-state index in [4.69, 9.17) is 9.47 Å². The summed E-state index contributed by atoms with van der Waals surface area (Å²) in [4.78, 5) is 0. The van der Waals surface area contributed by atoms with E-state index >= 15 is 0 Å². The highest BCUT2D eigenvalue weighted by molar-refractivity contribution is 4.74. The fourth-order valence-electron chi connectivity index (χ4n) is 1.08. The number of ether oxygens (including phenoxy) is 2. The second-order valence-corrected chi connectivity index (χ2v) is 2.18. The molecular formula is C5H9NO2. The molecule has 0 aromatic heterocycles. The molecule has 0 saturated carbocycles. The summed E-state index contributed by atoms with van der Waals surface area (Å²) >= 11 is 0. The topological polar surface area (TPSA) is 30.5 Å². The number of rotatable bonds is 0. The van der Waals surface area contributed by atoms with E-state index < -0.39 is 0 Å². The van der Waals surface area contributed by atoms with Gasteiger partial charge in [0.2, 0.25) is 0 Å². The molecule has 0 aromatic rings. The SMILES string of the molecule is C1NCC2OCC1O2. The van der Waals surface area contributed by atoms with Gasteiger partial charge in [-0.05, 0) is 0 Å². The standard InChI is InChI=1S/C5H9NO2/c1-4-3-7-5(8-4)2-6-1/h4-6H,1-3H2. The Morgan fingerprint density at radius 2 is 2.38 bits per heavy atom. The lowest BCUT2D eigenvalue weighted by atomic mass is 10.3. The van der Waals surface area contributed by atoms with Crippen molar-refractivity contribution in [1.82, 2.24) is 5.32 Å². The molecule has 2 aliphatic rings. The Balaban J connectivity index is 2.03. The first-order valence-corrected chi connectivity index (χ1v) is 2.93. The average molecular weight is 115 g/mol. The highest BCUT2D eigenvalue weighted by Crippen LogP contribution is 2.13. The van der Waals surface area contributed by atoms with Gasteiger partial charge in [0.15, 0.2) is 6.29 Å². The van der Waals surface area contributed by atoms with Crippen molar-refractivity contribution in [1.29, 1.82) is 0 Å². The van der Waals surface area contributed by atoms with Crippen LogP contribution in [0.4, 0.5) is 0 Å². The van der Waals surface area contributed by atoms with Gasteiger partial charge >= 0.3 is 0 Å². The van der Waals surface area contributed by atoms with Crippen molar-refractivity contribution in [2.24, 2.45) is 0 Å². The van der Waals surface area contributed by atoms with Crippen LogP contribution < -0.4 is 5.32 Å². The molecule has 2 rings (SSSR count). The maximum Gasteiger partial charge on any atom is 0.170 e. The minimum absolute atomic E-state index is 0.0498. The Morgan fingerprint density at radius 1 is 1.38 bits per heavy atom. The Morgan fingerprint density at radius 3 is 3.12 bits per heavy atom. The fraction of sp³-hybridized carbons (Fsp3) is 1.00. The van der Waals surface area contributed by atoms with Gasteiger partial charge in [0, 0.05) is 13.1 Å². The summed E-state index contributed by atoms with van der Waals surface area (Å²) in [6, 6.07) is 0. The van der Waals surface area contributed by atoms with Crippen LogP contribution in [0.25, 0.3) is 0 Å². The summed E-state index contributed by atoms with van der Waals surface area (Å²) in [7, 11) is 0.